The second-order valence-electron chi connectivity index (χ2n) is 3.52. The fraction of sp³-hybridized carbons (Fsp3) is 1.00. The van der Waals surface area contributed by atoms with E-state index in [0.717, 1.165) is 11.3 Å². The zero-order chi connectivity index (χ0) is 9.52. The van der Waals surface area contributed by atoms with Crippen LogP contribution in [0.2, 0.25) is 0 Å². The Morgan fingerprint density at radius 2 is 2.23 bits per heavy atom. The van der Waals surface area contributed by atoms with Crippen molar-refractivity contribution in [2.24, 2.45) is 0 Å². The second kappa shape index (κ2) is 7.02. The lowest BCUT2D eigenvalue weighted by Crippen LogP contribution is -2.28. The molecule has 0 aromatic carbocycles. The molecule has 0 bridgehead atoms. The van der Waals surface area contributed by atoms with E-state index >= 15 is 0 Å². The van der Waals surface area contributed by atoms with E-state index in [2.05, 4.69) is 18.5 Å². The smallest absolute Gasteiger partial charge is 0.00783 e. The Balaban J connectivity index is 1.97. The van der Waals surface area contributed by atoms with Crippen LogP contribution in [0.5, 0.6) is 0 Å². The van der Waals surface area contributed by atoms with E-state index in [9.17, 15) is 0 Å². The zero-order valence-electron chi connectivity index (χ0n) is 8.71. The van der Waals surface area contributed by atoms with Crippen LogP contribution in [-0.4, -0.2) is 35.6 Å². The first-order valence-corrected chi connectivity index (χ1v) is 7.65. The number of hydrogen-bond donors (Lipinski definition) is 1. The molecule has 0 aliphatic heterocycles. The minimum absolute atomic E-state index is 0.815. The Hall–Kier alpha value is 0.660. The van der Waals surface area contributed by atoms with Crippen molar-refractivity contribution < 1.29 is 0 Å². The molecule has 2 unspecified atom stereocenters. The van der Waals surface area contributed by atoms with E-state index < -0.39 is 0 Å². The van der Waals surface area contributed by atoms with E-state index in [-0.39, 0.29) is 0 Å². The van der Waals surface area contributed by atoms with Gasteiger partial charge in [0.2, 0.25) is 0 Å². The van der Waals surface area contributed by atoms with Gasteiger partial charge in [-0.15, -0.1) is 0 Å². The maximum atomic E-state index is 3.65. The summed E-state index contributed by atoms with van der Waals surface area (Å²) < 4.78 is 0. The molecule has 0 amide bonds. The second-order valence-corrected chi connectivity index (χ2v) is 6.05. The van der Waals surface area contributed by atoms with Crippen molar-refractivity contribution in [2.75, 3.05) is 24.3 Å². The highest BCUT2D eigenvalue weighted by Crippen LogP contribution is 2.27. The number of thioether (sulfide) groups is 2. The molecule has 0 spiro atoms. The molecule has 2 atom stereocenters. The van der Waals surface area contributed by atoms with Gasteiger partial charge in [-0.3, -0.25) is 0 Å². The van der Waals surface area contributed by atoms with Gasteiger partial charge in [-0.2, -0.15) is 23.5 Å². The highest BCUT2D eigenvalue weighted by Gasteiger charge is 2.22. The van der Waals surface area contributed by atoms with Crippen molar-refractivity contribution in [3.63, 3.8) is 0 Å². The van der Waals surface area contributed by atoms with E-state index in [1.807, 2.05) is 23.5 Å². The Morgan fingerprint density at radius 3 is 2.85 bits per heavy atom. The molecule has 3 heteroatoms. The minimum Gasteiger partial charge on any atom is -0.313 e. The molecule has 1 aliphatic rings. The summed E-state index contributed by atoms with van der Waals surface area (Å²) in [5.41, 5.74) is 0. The van der Waals surface area contributed by atoms with Crippen LogP contribution in [0, 0.1) is 0 Å². The average molecular weight is 219 g/mol. The van der Waals surface area contributed by atoms with Gasteiger partial charge in [-0.1, -0.05) is 6.92 Å². The van der Waals surface area contributed by atoms with Crippen molar-refractivity contribution in [1.82, 2.24) is 5.32 Å². The van der Waals surface area contributed by atoms with Crippen molar-refractivity contribution in [3.8, 4) is 0 Å². The van der Waals surface area contributed by atoms with Gasteiger partial charge < -0.3 is 5.32 Å². The van der Waals surface area contributed by atoms with Crippen LogP contribution in [0.25, 0.3) is 0 Å². The molecule has 1 saturated carbocycles. The van der Waals surface area contributed by atoms with Gasteiger partial charge in [0.1, 0.15) is 0 Å². The summed E-state index contributed by atoms with van der Waals surface area (Å²) in [7, 11) is 0. The molecule has 0 aromatic rings. The van der Waals surface area contributed by atoms with Crippen LogP contribution in [0.4, 0.5) is 0 Å². The quantitative estimate of drug-likeness (QED) is 0.690. The number of nitrogens with one attached hydrogen (secondary N) is 1. The first-order chi connectivity index (χ1) is 6.36. The Kier molecular flexibility index (Phi) is 6.33. The molecule has 0 aromatic heterocycles. The highest BCUT2D eigenvalue weighted by atomic mass is 32.2. The van der Waals surface area contributed by atoms with Crippen molar-refractivity contribution >= 4 is 23.5 Å². The standard InChI is InChI=1S/C10H21NS2/c1-3-13-7-6-11-9-4-5-10(8-9)12-2/h9-11H,3-8H2,1-2H3. The summed E-state index contributed by atoms with van der Waals surface area (Å²) in [6.07, 6.45) is 6.43. The summed E-state index contributed by atoms with van der Waals surface area (Å²) >= 11 is 4.06. The highest BCUT2D eigenvalue weighted by molar-refractivity contribution is 7.99. The maximum Gasteiger partial charge on any atom is 0.00783 e. The molecular formula is C10H21NS2. The third kappa shape index (κ3) is 4.61. The molecule has 1 aliphatic carbocycles. The Labute approximate surface area is 90.8 Å². The van der Waals surface area contributed by atoms with Gasteiger partial charge in [-0.05, 0) is 31.3 Å². The third-order valence-electron chi connectivity index (χ3n) is 2.60. The first kappa shape index (κ1) is 11.7. The maximum absolute atomic E-state index is 3.65. The van der Waals surface area contributed by atoms with Gasteiger partial charge in [0.05, 0.1) is 0 Å². The molecule has 1 fully saturated rings. The lowest BCUT2D eigenvalue weighted by Gasteiger charge is -2.11. The number of rotatable bonds is 6. The summed E-state index contributed by atoms with van der Waals surface area (Å²) in [5.74, 6) is 2.52. The van der Waals surface area contributed by atoms with E-state index in [1.54, 1.807) is 0 Å². The molecule has 0 heterocycles. The van der Waals surface area contributed by atoms with E-state index in [4.69, 9.17) is 0 Å². The fourth-order valence-corrected chi connectivity index (χ4v) is 3.17. The van der Waals surface area contributed by atoms with Crippen molar-refractivity contribution in [1.29, 1.82) is 0 Å². The monoisotopic (exact) mass is 219 g/mol. The summed E-state index contributed by atoms with van der Waals surface area (Å²) in [4.78, 5) is 0. The zero-order valence-corrected chi connectivity index (χ0v) is 10.3. The topological polar surface area (TPSA) is 12.0 Å². The Morgan fingerprint density at radius 1 is 1.38 bits per heavy atom. The Bertz CT molecular complexity index is 130. The van der Waals surface area contributed by atoms with Gasteiger partial charge >= 0.3 is 0 Å². The van der Waals surface area contributed by atoms with Gasteiger partial charge in [0.25, 0.3) is 0 Å². The van der Waals surface area contributed by atoms with E-state index in [0.29, 0.717) is 0 Å². The summed E-state index contributed by atoms with van der Waals surface area (Å²) in [6, 6.07) is 0.815. The third-order valence-corrected chi connectivity index (χ3v) is 4.60. The molecular weight excluding hydrogens is 198 g/mol. The molecule has 0 saturated heterocycles. The van der Waals surface area contributed by atoms with Crippen LogP contribution in [-0.2, 0) is 0 Å². The summed E-state index contributed by atoms with van der Waals surface area (Å²) in [5, 5.41) is 4.57. The lowest BCUT2D eigenvalue weighted by molar-refractivity contribution is 0.546. The molecule has 1 rings (SSSR count). The summed E-state index contributed by atoms with van der Waals surface area (Å²) in [6.45, 7) is 3.42. The van der Waals surface area contributed by atoms with Crippen molar-refractivity contribution in [3.05, 3.63) is 0 Å². The predicted octanol–water partition coefficient (Wildman–Crippen LogP) is 2.61. The van der Waals surface area contributed by atoms with Crippen LogP contribution in [0.15, 0.2) is 0 Å². The molecule has 13 heavy (non-hydrogen) atoms. The van der Waals surface area contributed by atoms with Crippen LogP contribution in [0.3, 0.4) is 0 Å². The predicted molar refractivity (Wildman–Crippen MR) is 65.9 cm³/mol. The van der Waals surface area contributed by atoms with Crippen LogP contribution >= 0.6 is 23.5 Å². The number of hydrogen-bond acceptors (Lipinski definition) is 3. The largest absolute Gasteiger partial charge is 0.313 e. The van der Waals surface area contributed by atoms with E-state index in [1.165, 1.54) is 37.3 Å². The molecule has 0 radical (unpaired) electrons. The van der Waals surface area contributed by atoms with Gasteiger partial charge in [0, 0.05) is 23.6 Å². The molecule has 1 nitrogen and oxygen atoms in total. The lowest BCUT2D eigenvalue weighted by atomic mass is 10.2. The molecule has 78 valence electrons. The fourth-order valence-electron chi connectivity index (χ4n) is 1.82. The normalized spacial score (nSPS) is 28.2. The van der Waals surface area contributed by atoms with Crippen LogP contribution in [0.1, 0.15) is 26.2 Å². The first-order valence-electron chi connectivity index (χ1n) is 5.20. The SMILES string of the molecule is CCSCCNC1CCC(SC)C1. The van der Waals surface area contributed by atoms with Gasteiger partial charge in [-0.25, -0.2) is 0 Å². The average Bonchev–Trinajstić information content (AvgIpc) is 2.60. The molecule has 1 N–H and O–H groups in total. The minimum atomic E-state index is 0.815. The van der Waals surface area contributed by atoms with Gasteiger partial charge in [0.15, 0.2) is 0 Å². The van der Waals surface area contributed by atoms with Crippen LogP contribution < -0.4 is 5.32 Å². The van der Waals surface area contributed by atoms with Crippen molar-refractivity contribution in [2.45, 2.75) is 37.5 Å².